The van der Waals surface area contributed by atoms with Crippen LogP contribution in [-0.4, -0.2) is 23.3 Å². The molecule has 0 aromatic rings. The molecule has 4 unspecified atom stereocenters. The van der Waals surface area contributed by atoms with Gasteiger partial charge < -0.3 is 0 Å². The number of carbonyl (C=O) groups is 2. The maximum Gasteiger partial charge on any atom is 0.233 e. The number of hydrogen-bond acceptors (Lipinski definition) is 2. The van der Waals surface area contributed by atoms with Crippen molar-refractivity contribution in [1.29, 1.82) is 0 Å². The van der Waals surface area contributed by atoms with E-state index in [0.29, 0.717) is 18.4 Å². The van der Waals surface area contributed by atoms with E-state index in [-0.39, 0.29) is 23.7 Å². The number of unbranched alkanes of at least 4 members (excludes halogenated alkanes) is 7. The van der Waals surface area contributed by atoms with Gasteiger partial charge >= 0.3 is 0 Å². The molecule has 3 rings (SSSR count). The molecule has 4 atom stereocenters. The van der Waals surface area contributed by atoms with Crippen molar-refractivity contribution in [2.75, 3.05) is 6.54 Å². The molecule has 2 amide bonds. The molecule has 1 aliphatic heterocycles. The molecule has 2 bridgehead atoms. The van der Waals surface area contributed by atoms with Crippen LogP contribution in [0.25, 0.3) is 0 Å². The summed E-state index contributed by atoms with van der Waals surface area (Å²) < 4.78 is 0. The number of amides is 2. The lowest BCUT2D eigenvalue weighted by molar-refractivity contribution is -0.140. The highest BCUT2D eigenvalue weighted by Crippen LogP contribution is 2.52. The Hall–Kier alpha value is -1.12. The molecule has 3 aliphatic rings. The minimum Gasteiger partial charge on any atom is -0.282 e. The van der Waals surface area contributed by atoms with Gasteiger partial charge in [0.15, 0.2) is 0 Å². The van der Waals surface area contributed by atoms with E-state index in [1.54, 1.807) is 4.90 Å². The second-order valence-electron chi connectivity index (χ2n) is 7.30. The van der Waals surface area contributed by atoms with E-state index in [4.69, 9.17) is 0 Å². The van der Waals surface area contributed by atoms with Crippen molar-refractivity contribution in [3.05, 3.63) is 12.2 Å². The molecule has 1 saturated carbocycles. The van der Waals surface area contributed by atoms with E-state index in [0.717, 1.165) is 19.3 Å². The fourth-order valence-corrected chi connectivity index (χ4v) is 4.59. The summed E-state index contributed by atoms with van der Waals surface area (Å²) in [5.41, 5.74) is 0. The zero-order valence-corrected chi connectivity index (χ0v) is 13.8. The summed E-state index contributed by atoms with van der Waals surface area (Å²) in [6.07, 6.45) is 15.3. The third-order valence-corrected chi connectivity index (χ3v) is 5.80. The Morgan fingerprint density at radius 1 is 0.864 bits per heavy atom. The Labute approximate surface area is 134 Å². The normalized spacial score (nSPS) is 32.3. The standard InChI is InChI=1S/C19H29NO2/c1-2-3-4-5-6-7-8-9-12-20-18(21)16-14-10-11-15(13-14)17(16)19(20)22/h10-11,14-17H,2-9,12-13H2,1H3. The Morgan fingerprint density at radius 2 is 1.36 bits per heavy atom. The van der Waals surface area contributed by atoms with E-state index in [1.807, 2.05) is 0 Å². The zero-order chi connectivity index (χ0) is 15.5. The maximum atomic E-state index is 12.5. The molecule has 0 N–H and O–H groups in total. The van der Waals surface area contributed by atoms with Crippen LogP contribution in [-0.2, 0) is 9.59 Å². The average Bonchev–Trinajstić information content (AvgIpc) is 3.18. The van der Waals surface area contributed by atoms with E-state index >= 15 is 0 Å². The lowest BCUT2D eigenvalue weighted by Crippen LogP contribution is -2.33. The summed E-state index contributed by atoms with van der Waals surface area (Å²) >= 11 is 0. The summed E-state index contributed by atoms with van der Waals surface area (Å²) in [5.74, 6) is 0.891. The highest BCUT2D eigenvalue weighted by Gasteiger charge is 2.58. The molecule has 0 spiro atoms. The Balaban J connectivity index is 1.37. The lowest BCUT2D eigenvalue weighted by atomic mass is 9.85. The van der Waals surface area contributed by atoms with Gasteiger partial charge in [0, 0.05) is 6.54 Å². The summed E-state index contributed by atoms with van der Waals surface area (Å²) in [7, 11) is 0. The third kappa shape index (κ3) is 2.87. The largest absolute Gasteiger partial charge is 0.282 e. The first-order valence-corrected chi connectivity index (χ1v) is 9.27. The van der Waals surface area contributed by atoms with E-state index < -0.39 is 0 Å². The van der Waals surface area contributed by atoms with Crippen molar-refractivity contribution in [3.63, 3.8) is 0 Å². The number of hydrogen-bond donors (Lipinski definition) is 0. The number of fused-ring (bicyclic) bond motifs is 5. The molecule has 122 valence electrons. The third-order valence-electron chi connectivity index (χ3n) is 5.80. The van der Waals surface area contributed by atoms with Gasteiger partial charge in [-0.2, -0.15) is 0 Å². The minimum atomic E-state index is -0.0171. The molecule has 0 aromatic heterocycles. The van der Waals surface area contributed by atoms with Crippen LogP contribution < -0.4 is 0 Å². The van der Waals surface area contributed by atoms with Gasteiger partial charge in [0.05, 0.1) is 11.8 Å². The van der Waals surface area contributed by atoms with Crippen molar-refractivity contribution in [2.45, 2.75) is 64.7 Å². The molecule has 1 heterocycles. The topological polar surface area (TPSA) is 37.4 Å². The first kappa shape index (κ1) is 15.8. The molecular formula is C19H29NO2. The van der Waals surface area contributed by atoms with Gasteiger partial charge in [0.1, 0.15) is 0 Å². The fourth-order valence-electron chi connectivity index (χ4n) is 4.59. The van der Waals surface area contributed by atoms with Crippen molar-refractivity contribution in [2.24, 2.45) is 23.7 Å². The predicted octanol–water partition coefficient (Wildman–Crippen LogP) is 3.93. The second-order valence-corrected chi connectivity index (χ2v) is 7.30. The molecule has 2 fully saturated rings. The van der Waals surface area contributed by atoms with Crippen molar-refractivity contribution in [3.8, 4) is 0 Å². The van der Waals surface area contributed by atoms with Crippen LogP contribution in [0.2, 0.25) is 0 Å². The molecule has 1 saturated heterocycles. The summed E-state index contributed by atoms with van der Waals surface area (Å²) in [6, 6.07) is 0. The van der Waals surface area contributed by atoms with Gasteiger partial charge in [-0.1, -0.05) is 64.0 Å². The number of likely N-dealkylation sites (tertiary alicyclic amines) is 1. The van der Waals surface area contributed by atoms with E-state index in [9.17, 15) is 9.59 Å². The van der Waals surface area contributed by atoms with Crippen LogP contribution in [0.4, 0.5) is 0 Å². The summed E-state index contributed by atoms with van der Waals surface area (Å²) in [4.78, 5) is 26.6. The average molecular weight is 303 g/mol. The smallest absolute Gasteiger partial charge is 0.233 e. The van der Waals surface area contributed by atoms with Crippen LogP contribution >= 0.6 is 0 Å². The van der Waals surface area contributed by atoms with E-state index in [2.05, 4.69) is 19.1 Å². The molecular weight excluding hydrogens is 274 g/mol. The number of allylic oxidation sites excluding steroid dienone is 2. The number of rotatable bonds is 9. The Morgan fingerprint density at radius 3 is 1.91 bits per heavy atom. The minimum absolute atomic E-state index is 0.0171. The maximum absolute atomic E-state index is 12.5. The molecule has 2 aliphatic carbocycles. The van der Waals surface area contributed by atoms with Gasteiger partial charge in [-0.25, -0.2) is 0 Å². The van der Waals surface area contributed by atoms with Crippen molar-refractivity contribution in [1.82, 2.24) is 4.90 Å². The monoisotopic (exact) mass is 303 g/mol. The van der Waals surface area contributed by atoms with Gasteiger partial charge in [-0.05, 0) is 24.7 Å². The first-order chi connectivity index (χ1) is 10.7. The van der Waals surface area contributed by atoms with E-state index in [1.165, 1.54) is 38.5 Å². The molecule has 3 nitrogen and oxygen atoms in total. The highest BCUT2D eigenvalue weighted by molar-refractivity contribution is 6.06. The fraction of sp³-hybridized carbons (Fsp3) is 0.789. The van der Waals surface area contributed by atoms with Gasteiger partial charge in [0.25, 0.3) is 0 Å². The lowest BCUT2D eigenvalue weighted by Gasteiger charge is -2.17. The Bertz CT molecular complexity index is 426. The van der Waals surface area contributed by atoms with Crippen LogP contribution in [0.1, 0.15) is 64.7 Å². The quantitative estimate of drug-likeness (QED) is 0.367. The van der Waals surface area contributed by atoms with Crippen molar-refractivity contribution < 1.29 is 9.59 Å². The van der Waals surface area contributed by atoms with Gasteiger partial charge in [-0.3, -0.25) is 14.5 Å². The van der Waals surface area contributed by atoms with Gasteiger partial charge in [-0.15, -0.1) is 0 Å². The zero-order valence-electron chi connectivity index (χ0n) is 13.8. The predicted molar refractivity (Wildman–Crippen MR) is 87.0 cm³/mol. The van der Waals surface area contributed by atoms with Crippen LogP contribution in [0.5, 0.6) is 0 Å². The number of nitrogens with zero attached hydrogens (tertiary/aromatic N) is 1. The second kappa shape index (κ2) is 6.97. The summed E-state index contributed by atoms with van der Waals surface area (Å²) in [6.45, 7) is 2.89. The molecule has 0 aromatic carbocycles. The van der Waals surface area contributed by atoms with Crippen LogP contribution in [0.3, 0.4) is 0 Å². The van der Waals surface area contributed by atoms with Gasteiger partial charge in [0.2, 0.25) is 11.8 Å². The summed E-state index contributed by atoms with van der Waals surface area (Å²) in [5, 5.41) is 0. The number of carbonyl (C=O) groups excluding carboxylic acids is 2. The molecule has 22 heavy (non-hydrogen) atoms. The number of imide groups is 1. The molecule has 3 heteroatoms. The van der Waals surface area contributed by atoms with Crippen LogP contribution in [0, 0.1) is 23.7 Å². The van der Waals surface area contributed by atoms with Crippen LogP contribution in [0.15, 0.2) is 12.2 Å². The van der Waals surface area contributed by atoms with Crippen molar-refractivity contribution >= 4 is 11.8 Å². The Kier molecular flexibility index (Phi) is 5.00. The SMILES string of the molecule is CCCCCCCCCCN1C(=O)C2C3C=CC(C3)C2C1=O. The highest BCUT2D eigenvalue weighted by atomic mass is 16.2. The molecule has 0 radical (unpaired) electrons. The first-order valence-electron chi connectivity index (χ1n) is 9.27.